The number of piperidine rings is 1. The lowest BCUT2D eigenvalue weighted by Gasteiger charge is -2.38. The van der Waals surface area contributed by atoms with Gasteiger partial charge >= 0.3 is 0 Å². The Morgan fingerprint density at radius 1 is 1.00 bits per heavy atom. The second kappa shape index (κ2) is 10.0. The van der Waals surface area contributed by atoms with Gasteiger partial charge in [-0.15, -0.1) is 0 Å². The summed E-state index contributed by atoms with van der Waals surface area (Å²) in [6.07, 6.45) is 1.17. The molecule has 2 unspecified atom stereocenters. The molecule has 2 saturated heterocycles. The molecule has 2 heterocycles. The molecule has 0 aromatic heterocycles. The lowest BCUT2D eigenvalue weighted by atomic mass is 9.92. The first-order valence-corrected chi connectivity index (χ1v) is 10.6. The predicted octanol–water partition coefficient (Wildman–Crippen LogP) is 1.20. The molecule has 164 valence electrons. The van der Waals surface area contributed by atoms with Crippen LogP contribution in [0.15, 0.2) is 24.3 Å². The van der Waals surface area contributed by atoms with Gasteiger partial charge in [-0.3, -0.25) is 19.3 Å². The maximum Gasteiger partial charge on any atom is 0.251 e. The Hall–Kier alpha value is -2.48. The van der Waals surface area contributed by atoms with E-state index in [1.807, 2.05) is 4.90 Å². The van der Waals surface area contributed by atoms with Crippen molar-refractivity contribution in [2.45, 2.75) is 20.3 Å². The number of likely N-dealkylation sites (tertiary alicyclic amines) is 1. The number of benzene rings is 1. The van der Waals surface area contributed by atoms with E-state index in [1.54, 1.807) is 4.90 Å². The number of rotatable bonds is 5. The molecule has 7 nitrogen and oxygen atoms in total. The number of nitrogens with one attached hydrogen (secondary N) is 1. The lowest BCUT2D eigenvalue weighted by Crippen LogP contribution is -2.54. The molecule has 1 N–H and O–H groups in total. The molecule has 0 aliphatic carbocycles. The Morgan fingerprint density at radius 3 is 2.30 bits per heavy atom. The van der Waals surface area contributed by atoms with Crippen LogP contribution in [0.25, 0.3) is 0 Å². The molecule has 2 aliphatic heterocycles. The van der Waals surface area contributed by atoms with Gasteiger partial charge in [-0.2, -0.15) is 0 Å². The minimum Gasteiger partial charge on any atom is -0.343 e. The number of carbonyl (C=O) groups is 3. The number of carbonyl (C=O) groups excluding carboxylic acids is 3. The van der Waals surface area contributed by atoms with Gasteiger partial charge in [-0.1, -0.05) is 19.9 Å². The highest BCUT2D eigenvalue weighted by Gasteiger charge is 2.28. The smallest absolute Gasteiger partial charge is 0.251 e. The summed E-state index contributed by atoms with van der Waals surface area (Å²) in [6, 6.07) is 5.36. The molecule has 3 amide bonds. The van der Waals surface area contributed by atoms with E-state index in [9.17, 15) is 18.8 Å². The fraction of sp³-hybridized carbons (Fsp3) is 0.591. The number of nitrogens with zero attached hydrogens (tertiary/aromatic N) is 3. The standard InChI is InChI=1S/C22H31FN4O3/c1-16-10-17(2)14-27(13-16)21(29)15-25-6-8-26(9-7-25)20(28)12-24-22(30)18-4-3-5-19(23)11-18/h3-5,11,16-17H,6-10,12-15H2,1-2H3,(H,24,30). The molecule has 0 saturated carbocycles. The van der Waals surface area contributed by atoms with Crippen LogP contribution in [0.5, 0.6) is 0 Å². The highest BCUT2D eigenvalue weighted by atomic mass is 19.1. The SMILES string of the molecule is CC1CC(C)CN(C(=O)CN2CCN(C(=O)CNC(=O)c3cccc(F)c3)CC2)C1. The molecular formula is C22H31FN4O3. The Balaban J connectivity index is 1.40. The number of piperazine rings is 1. The fourth-order valence-corrected chi connectivity index (χ4v) is 4.31. The number of hydrogen-bond acceptors (Lipinski definition) is 4. The molecule has 0 spiro atoms. The van der Waals surface area contributed by atoms with Crippen LogP contribution in [0.4, 0.5) is 4.39 Å². The van der Waals surface area contributed by atoms with Crippen molar-refractivity contribution in [3.63, 3.8) is 0 Å². The molecule has 0 radical (unpaired) electrons. The Kier molecular flexibility index (Phi) is 7.42. The minimum absolute atomic E-state index is 0.127. The fourth-order valence-electron chi connectivity index (χ4n) is 4.31. The van der Waals surface area contributed by atoms with Crippen molar-refractivity contribution in [1.29, 1.82) is 0 Å². The number of halogens is 1. The van der Waals surface area contributed by atoms with Crippen LogP contribution in [-0.2, 0) is 9.59 Å². The van der Waals surface area contributed by atoms with Gasteiger partial charge in [0.15, 0.2) is 0 Å². The molecule has 30 heavy (non-hydrogen) atoms. The summed E-state index contributed by atoms with van der Waals surface area (Å²) in [5.41, 5.74) is 0.187. The second-order valence-electron chi connectivity index (χ2n) is 8.59. The first-order chi connectivity index (χ1) is 14.3. The van der Waals surface area contributed by atoms with Crippen molar-refractivity contribution in [3.05, 3.63) is 35.6 Å². The average Bonchev–Trinajstić information content (AvgIpc) is 2.71. The summed E-state index contributed by atoms with van der Waals surface area (Å²) >= 11 is 0. The largest absolute Gasteiger partial charge is 0.343 e. The Bertz CT molecular complexity index is 769. The first kappa shape index (κ1) is 22.2. The maximum absolute atomic E-state index is 13.2. The number of amides is 3. The van der Waals surface area contributed by atoms with Gasteiger partial charge in [0, 0.05) is 44.8 Å². The Morgan fingerprint density at radius 2 is 1.67 bits per heavy atom. The van der Waals surface area contributed by atoms with Crippen LogP contribution in [0, 0.1) is 17.7 Å². The van der Waals surface area contributed by atoms with Crippen molar-refractivity contribution in [2.75, 3.05) is 52.4 Å². The van der Waals surface area contributed by atoms with Crippen LogP contribution in [-0.4, -0.2) is 84.8 Å². The summed E-state index contributed by atoms with van der Waals surface area (Å²) in [7, 11) is 0. The van der Waals surface area contributed by atoms with Crippen molar-refractivity contribution in [3.8, 4) is 0 Å². The van der Waals surface area contributed by atoms with Gasteiger partial charge in [0.1, 0.15) is 5.82 Å². The van der Waals surface area contributed by atoms with Crippen LogP contribution < -0.4 is 5.32 Å². The molecule has 1 aromatic carbocycles. The molecule has 2 aliphatic rings. The number of hydrogen-bond donors (Lipinski definition) is 1. The van der Waals surface area contributed by atoms with E-state index in [4.69, 9.17) is 0 Å². The second-order valence-corrected chi connectivity index (χ2v) is 8.59. The van der Waals surface area contributed by atoms with E-state index in [1.165, 1.54) is 24.6 Å². The molecule has 1 aromatic rings. The summed E-state index contributed by atoms with van der Waals surface area (Å²) in [5, 5.41) is 2.55. The highest BCUT2D eigenvalue weighted by molar-refractivity contribution is 5.96. The normalized spacial score (nSPS) is 22.6. The van der Waals surface area contributed by atoms with Gasteiger partial charge in [0.2, 0.25) is 11.8 Å². The quantitative estimate of drug-likeness (QED) is 0.780. The van der Waals surface area contributed by atoms with E-state index in [0.717, 1.165) is 19.2 Å². The summed E-state index contributed by atoms with van der Waals surface area (Å²) < 4.78 is 13.2. The van der Waals surface area contributed by atoms with E-state index >= 15 is 0 Å². The van der Waals surface area contributed by atoms with Crippen molar-refractivity contribution >= 4 is 17.7 Å². The van der Waals surface area contributed by atoms with Gasteiger partial charge in [-0.05, 0) is 36.5 Å². The molecule has 2 fully saturated rings. The highest BCUT2D eigenvalue weighted by Crippen LogP contribution is 2.21. The lowest BCUT2D eigenvalue weighted by molar-refractivity contribution is -0.136. The molecule has 3 rings (SSSR count). The van der Waals surface area contributed by atoms with E-state index in [2.05, 4.69) is 24.1 Å². The maximum atomic E-state index is 13.2. The van der Waals surface area contributed by atoms with Crippen molar-refractivity contribution < 1.29 is 18.8 Å². The van der Waals surface area contributed by atoms with E-state index in [0.29, 0.717) is 44.6 Å². The van der Waals surface area contributed by atoms with Gasteiger partial charge in [0.25, 0.3) is 5.91 Å². The van der Waals surface area contributed by atoms with Gasteiger partial charge < -0.3 is 15.1 Å². The third-order valence-electron chi connectivity index (χ3n) is 5.79. The van der Waals surface area contributed by atoms with Crippen molar-refractivity contribution in [1.82, 2.24) is 20.0 Å². The van der Waals surface area contributed by atoms with Crippen LogP contribution >= 0.6 is 0 Å². The van der Waals surface area contributed by atoms with Crippen LogP contribution in [0.1, 0.15) is 30.6 Å². The van der Waals surface area contributed by atoms with Gasteiger partial charge in [0.05, 0.1) is 13.1 Å². The monoisotopic (exact) mass is 418 g/mol. The Labute approximate surface area is 177 Å². The molecular weight excluding hydrogens is 387 g/mol. The van der Waals surface area contributed by atoms with Gasteiger partial charge in [-0.25, -0.2) is 4.39 Å². The topological polar surface area (TPSA) is 73.0 Å². The first-order valence-electron chi connectivity index (χ1n) is 10.6. The zero-order chi connectivity index (χ0) is 21.7. The van der Waals surface area contributed by atoms with Crippen molar-refractivity contribution in [2.24, 2.45) is 11.8 Å². The molecule has 0 bridgehead atoms. The van der Waals surface area contributed by atoms with Crippen LogP contribution in [0.3, 0.4) is 0 Å². The summed E-state index contributed by atoms with van der Waals surface area (Å²) in [6.45, 7) is 8.60. The average molecular weight is 419 g/mol. The third kappa shape index (κ3) is 6.01. The zero-order valence-corrected chi connectivity index (χ0v) is 17.8. The third-order valence-corrected chi connectivity index (χ3v) is 5.79. The van der Waals surface area contributed by atoms with Crippen LogP contribution in [0.2, 0.25) is 0 Å². The molecule has 2 atom stereocenters. The minimum atomic E-state index is -0.492. The van der Waals surface area contributed by atoms with E-state index < -0.39 is 11.7 Å². The zero-order valence-electron chi connectivity index (χ0n) is 17.8. The molecule has 8 heteroatoms. The summed E-state index contributed by atoms with van der Waals surface area (Å²) in [5.74, 6) is 0.0923. The predicted molar refractivity (Wildman–Crippen MR) is 111 cm³/mol. The van der Waals surface area contributed by atoms with E-state index in [-0.39, 0.29) is 23.9 Å². The summed E-state index contributed by atoms with van der Waals surface area (Å²) in [4.78, 5) is 42.8.